The van der Waals surface area contributed by atoms with E-state index < -0.39 is 23.9 Å². The fraction of sp³-hybridized carbons (Fsp3) is 0.214. The minimum Gasteiger partial charge on any atom is -0.462 e. The van der Waals surface area contributed by atoms with Gasteiger partial charge in [-0.1, -0.05) is 48.5 Å². The average molecular weight is 487 g/mol. The van der Waals surface area contributed by atoms with Crippen LogP contribution >= 0.6 is 0 Å². The number of carbonyl (C=O) groups excluding carboxylic acids is 3. The summed E-state index contributed by atoms with van der Waals surface area (Å²) in [5, 5.41) is 3.49. The number of para-hydroxylation sites is 1. The van der Waals surface area contributed by atoms with E-state index in [0.717, 1.165) is 10.9 Å². The van der Waals surface area contributed by atoms with Gasteiger partial charge < -0.3 is 19.2 Å². The number of nitrogens with zero attached hydrogens (tertiary/aromatic N) is 1. The molecule has 2 aromatic carbocycles. The van der Waals surface area contributed by atoms with E-state index >= 15 is 0 Å². The van der Waals surface area contributed by atoms with Gasteiger partial charge in [-0.25, -0.2) is 14.6 Å². The van der Waals surface area contributed by atoms with Crippen LogP contribution in [-0.2, 0) is 27.3 Å². The van der Waals surface area contributed by atoms with Crippen LogP contribution in [0.25, 0.3) is 10.9 Å². The van der Waals surface area contributed by atoms with Crippen LogP contribution < -0.4 is 5.32 Å². The molecule has 0 saturated heterocycles. The van der Waals surface area contributed by atoms with Gasteiger partial charge in [0.25, 0.3) is 5.91 Å². The second-order valence-corrected chi connectivity index (χ2v) is 8.10. The first-order chi connectivity index (χ1) is 17.5. The standard InChI is InChI=1S/C28H26N2O6/c1-3-34-28(33)25-18(2)20-12-7-8-13-21(20)29-23(25)17-36-27(32)22(16-19-10-5-4-6-11-19)30-26(31)24-14-9-15-35-24/h4-15,22H,3,16-17H2,1-2H3,(H,30,31)/t22-/m0/s1. The van der Waals surface area contributed by atoms with Crippen molar-refractivity contribution in [3.05, 3.63) is 101 Å². The summed E-state index contributed by atoms with van der Waals surface area (Å²) in [6, 6.07) is 18.8. The van der Waals surface area contributed by atoms with Crippen molar-refractivity contribution in [1.29, 1.82) is 0 Å². The maximum absolute atomic E-state index is 13.2. The molecule has 4 aromatic rings. The Kier molecular flexibility index (Phi) is 7.75. The highest BCUT2D eigenvalue weighted by Gasteiger charge is 2.26. The van der Waals surface area contributed by atoms with Crippen molar-refractivity contribution in [3.8, 4) is 0 Å². The third kappa shape index (κ3) is 5.60. The fourth-order valence-electron chi connectivity index (χ4n) is 3.94. The molecular formula is C28H26N2O6. The highest BCUT2D eigenvalue weighted by Crippen LogP contribution is 2.24. The Morgan fingerprint density at radius 3 is 2.44 bits per heavy atom. The Morgan fingerprint density at radius 2 is 1.72 bits per heavy atom. The summed E-state index contributed by atoms with van der Waals surface area (Å²) in [6.45, 7) is 3.46. The number of hydrogen-bond donors (Lipinski definition) is 1. The smallest absolute Gasteiger partial charge is 0.340 e. The van der Waals surface area contributed by atoms with Crippen LogP contribution in [0, 0.1) is 6.92 Å². The zero-order valence-corrected chi connectivity index (χ0v) is 20.0. The highest BCUT2D eigenvalue weighted by molar-refractivity contribution is 5.98. The van der Waals surface area contributed by atoms with E-state index in [1.807, 2.05) is 61.5 Å². The van der Waals surface area contributed by atoms with Crippen LogP contribution in [0.4, 0.5) is 0 Å². The second-order valence-electron chi connectivity index (χ2n) is 8.10. The molecule has 0 fully saturated rings. The summed E-state index contributed by atoms with van der Waals surface area (Å²) in [7, 11) is 0. The van der Waals surface area contributed by atoms with Gasteiger partial charge in [-0.05, 0) is 43.2 Å². The van der Waals surface area contributed by atoms with Crippen LogP contribution in [0.2, 0.25) is 0 Å². The van der Waals surface area contributed by atoms with Crippen molar-refractivity contribution in [3.63, 3.8) is 0 Å². The van der Waals surface area contributed by atoms with Gasteiger partial charge in [0.2, 0.25) is 0 Å². The fourth-order valence-corrected chi connectivity index (χ4v) is 3.94. The molecule has 0 radical (unpaired) electrons. The molecule has 8 heteroatoms. The van der Waals surface area contributed by atoms with Crippen molar-refractivity contribution in [2.24, 2.45) is 0 Å². The monoisotopic (exact) mass is 486 g/mol. The normalized spacial score (nSPS) is 11.6. The molecule has 0 aliphatic carbocycles. The Hall–Kier alpha value is -4.46. The highest BCUT2D eigenvalue weighted by atomic mass is 16.5. The molecule has 1 N–H and O–H groups in total. The number of esters is 2. The topological polar surface area (TPSA) is 108 Å². The minimum atomic E-state index is -0.988. The van der Waals surface area contributed by atoms with E-state index in [1.54, 1.807) is 13.0 Å². The van der Waals surface area contributed by atoms with Gasteiger partial charge in [0.05, 0.1) is 29.6 Å². The molecule has 1 amide bonds. The van der Waals surface area contributed by atoms with Crippen LogP contribution in [-0.4, -0.2) is 35.5 Å². The number of pyridine rings is 1. The minimum absolute atomic E-state index is 0.0808. The molecule has 0 bridgehead atoms. The first-order valence-electron chi connectivity index (χ1n) is 11.6. The number of benzene rings is 2. The van der Waals surface area contributed by atoms with Crippen molar-refractivity contribution >= 4 is 28.7 Å². The van der Waals surface area contributed by atoms with Gasteiger partial charge in [-0.3, -0.25) is 4.79 Å². The van der Waals surface area contributed by atoms with Gasteiger partial charge in [-0.2, -0.15) is 0 Å². The number of furan rings is 1. The van der Waals surface area contributed by atoms with E-state index in [4.69, 9.17) is 13.9 Å². The van der Waals surface area contributed by atoms with E-state index in [1.165, 1.54) is 12.3 Å². The number of aryl methyl sites for hydroxylation is 1. The second kappa shape index (κ2) is 11.3. The van der Waals surface area contributed by atoms with Crippen molar-refractivity contribution in [2.45, 2.75) is 32.9 Å². The van der Waals surface area contributed by atoms with Gasteiger partial charge in [0, 0.05) is 11.8 Å². The summed E-state index contributed by atoms with van der Waals surface area (Å²) in [5.41, 5.74) is 2.75. The molecule has 0 saturated carbocycles. The quantitative estimate of drug-likeness (QED) is 0.350. The summed E-state index contributed by atoms with van der Waals surface area (Å²) in [5.74, 6) is -1.66. The average Bonchev–Trinajstić information content (AvgIpc) is 3.43. The van der Waals surface area contributed by atoms with Gasteiger partial charge in [-0.15, -0.1) is 0 Å². The predicted octanol–water partition coefficient (Wildman–Crippen LogP) is 4.40. The lowest BCUT2D eigenvalue weighted by molar-refractivity contribution is -0.147. The van der Waals surface area contributed by atoms with Crippen LogP contribution in [0.1, 0.15) is 44.7 Å². The molecule has 184 valence electrons. The zero-order chi connectivity index (χ0) is 25.5. The number of amides is 1. The van der Waals surface area contributed by atoms with Crippen molar-refractivity contribution in [1.82, 2.24) is 10.3 Å². The first-order valence-corrected chi connectivity index (χ1v) is 11.6. The van der Waals surface area contributed by atoms with Crippen LogP contribution in [0.3, 0.4) is 0 Å². The van der Waals surface area contributed by atoms with E-state index in [0.29, 0.717) is 11.1 Å². The maximum atomic E-state index is 13.2. The summed E-state index contributed by atoms with van der Waals surface area (Å²) >= 11 is 0. The van der Waals surface area contributed by atoms with Crippen LogP contribution in [0.5, 0.6) is 0 Å². The third-order valence-electron chi connectivity index (χ3n) is 5.68. The number of ether oxygens (including phenoxy) is 2. The molecular weight excluding hydrogens is 460 g/mol. The Bertz CT molecular complexity index is 1370. The SMILES string of the molecule is CCOC(=O)c1c(COC(=O)[C@H](Cc2ccccc2)NC(=O)c2ccco2)nc2ccccc2c1C. The van der Waals surface area contributed by atoms with E-state index in [2.05, 4.69) is 10.3 Å². The predicted molar refractivity (Wildman–Crippen MR) is 132 cm³/mol. The molecule has 0 aliphatic heterocycles. The Labute approximate surface area is 208 Å². The lowest BCUT2D eigenvalue weighted by Crippen LogP contribution is -2.43. The zero-order valence-electron chi connectivity index (χ0n) is 20.0. The third-order valence-corrected chi connectivity index (χ3v) is 5.68. The molecule has 0 unspecified atom stereocenters. The van der Waals surface area contributed by atoms with Gasteiger partial charge in [0.15, 0.2) is 5.76 Å². The Balaban J connectivity index is 1.59. The number of aromatic nitrogens is 1. The summed E-state index contributed by atoms with van der Waals surface area (Å²) in [6.07, 6.45) is 1.59. The van der Waals surface area contributed by atoms with Crippen molar-refractivity contribution in [2.75, 3.05) is 6.61 Å². The van der Waals surface area contributed by atoms with E-state index in [9.17, 15) is 14.4 Å². The molecule has 0 aliphatic rings. The Morgan fingerprint density at radius 1 is 0.972 bits per heavy atom. The molecule has 4 rings (SSSR count). The maximum Gasteiger partial charge on any atom is 0.340 e. The molecule has 2 heterocycles. The number of nitrogens with one attached hydrogen (secondary N) is 1. The summed E-state index contributed by atoms with van der Waals surface area (Å²) in [4.78, 5) is 43.1. The van der Waals surface area contributed by atoms with Gasteiger partial charge in [0.1, 0.15) is 12.6 Å². The number of hydrogen-bond acceptors (Lipinski definition) is 7. The van der Waals surface area contributed by atoms with E-state index in [-0.39, 0.29) is 36.7 Å². The number of fused-ring (bicyclic) bond motifs is 1. The molecule has 36 heavy (non-hydrogen) atoms. The number of rotatable bonds is 9. The number of carbonyl (C=O) groups is 3. The van der Waals surface area contributed by atoms with Crippen molar-refractivity contribution < 1.29 is 28.3 Å². The van der Waals surface area contributed by atoms with Gasteiger partial charge >= 0.3 is 11.9 Å². The molecule has 1 atom stereocenters. The molecule has 8 nitrogen and oxygen atoms in total. The molecule has 0 spiro atoms. The van der Waals surface area contributed by atoms with Crippen LogP contribution in [0.15, 0.2) is 77.4 Å². The summed E-state index contributed by atoms with van der Waals surface area (Å²) < 4.78 is 16.0. The lowest BCUT2D eigenvalue weighted by Gasteiger charge is -2.18. The molecule has 2 aromatic heterocycles. The largest absolute Gasteiger partial charge is 0.462 e. The first kappa shape index (κ1) is 24.7. The lowest BCUT2D eigenvalue weighted by atomic mass is 10.0.